The molecule has 118 valence electrons. The molecule has 0 saturated heterocycles. The Bertz CT molecular complexity index is 721. The zero-order valence-corrected chi connectivity index (χ0v) is 13.1. The van der Waals surface area contributed by atoms with Gasteiger partial charge in [0.1, 0.15) is 0 Å². The van der Waals surface area contributed by atoms with Gasteiger partial charge >= 0.3 is 6.03 Å². The van der Waals surface area contributed by atoms with Gasteiger partial charge < -0.3 is 16.0 Å². The number of benzene rings is 2. The Morgan fingerprint density at radius 3 is 2.13 bits per heavy atom. The van der Waals surface area contributed by atoms with Crippen molar-refractivity contribution in [1.82, 2.24) is 5.32 Å². The Labute approximate surface area is 135 Å². The molecule has 5 heteroatoms. The monoisotopic (exact) mass is 309 g/mol. The molecule has 0 fully saturated rings. The maximum absolute atomic E-state index is 11.8. The predicted molar refractivity (Wildman–Crippen MR) is 93.1 cm³/mol. The van der Waals surface area contributed by atoms with Gasteiger partial charge in [-0.25, -0.2) is 4.79 Å². The van der Waals surface area contributed by atoms with Crippen molar-refractivity contribution in [3.63, 3.8) is 0 Å². The van der Waals surface area contributed by atoms with E-state index in [1.807, 2.05) is 37.3 Å². The van der Waals surface area contributed by atoms with Gasteiger partial charge in [0.05, 0.1) is 0 Å². The first-order valence-electron chi connectivity index (χ1n) is 7.22. The second kappa shape index (κ2) is 7.79. The molecule has 0 aliphatic rings. The van der Waals surface area contributed by atoms with E-state index in [1.54, 1.807) is 30.5 Å². The number of carbonyl (C=O) groups excluding carboxylic acids is 2. The molecule has 0 radical (unpaired) electrons. The van der Waals surface area contributed by atoms with Crippen molar-refractivity contribution in [1.29, 1.82) is 0 Å². The van der Waals surface area contributed by atoms with Gasteiger partial charge in [-0.15, -0.1) is 0 Å². The molecule has 2 rings (SSSR count). The molecule has 3 amide bonds. The Balaban J connectivity index is 1.87. The molecule has 3 N–H and O–H groups in total. The maximum Gasteiger partial charge on any atom is 0.323 e. The molecule has 0 aliphatic heterocycles. The van der Waals surface area contributed by atoms with E-state index < -0.39 is 0 Å². The van der Waals surface area contributed by atoms with Crippen molar-refractivity contribution in [2.75, 3.05) is 10.6 Å². The summed E-state index contributed by atoms with van der Waals surface area (Å²) in [6.07, 6.45) is 3.44. The maximum atomic E-state index is 11.8. The highest BCUT2D eigenvalue weighted by atomic mass is 16.2. The SMILES string of the molecule is CC(=O)Nc1ccc(NC(=O)N/C=C/c2ccccc2C)cc1. The Morgan fingerprint density at radius 1 is 0.913 bits per heavy atom. The quantitative estimate of drug-likeness (QED) is 0.805. The zero-order valence-electron chi connectivity index (χ0n) is 13.1. The molecule has 0 heterocycles. The molecule has 0 bridgehead atoms. The summed E-state index contributed by atoms with van der Waals surface area (Å²) in [6.45, 7) is 3.46. The van der Waals surface area contributed by atoms with E-state index >= 15 is 0 Å². The van der Waals surface area contributed by atoms with Crippen LogP contribution in [0.15, 0.2) is 54.7 Å². The lowest BCUT2D eigenvalue weighted by Crippen LogP contribution is -2.23. The normalized spacial score (nSPS) is 10.3. The first-order chi connectivity index (χ1) is 11.0. The van der Waals surface area contributed by atoms with Crippen LogP contribution in [-0.4, -0.2) is 11.9 Å². The number of nitrogens with one attached hydrogen (secondary N) is 3. The topological polar surface area (TPSA) is 70.2 Å². The van der Waals surface area contributed by atoms with Crippen LogP contribution >= 0.6 is 0 Å². The molecule has 0 saturated carbocycles. The number of rotatable bonds is 4. The van der Waals surface area contributed by atoms with Crippen LogP contribution in [-0.2, 0) is 4.79 Å². The summed E-state index contributed by atoms with van der Waals surface area (Å²) in [5.41, 5.74) is 3.51. The van der Waals surface area contributed by atoms with Crippen LogP contribution in [0.3, 0.4) is 0 Å². The van der Waals surface area contributed by atoms with E-state index in [0.717, 1.165) is 11.1 Å². The molecule has 2 aromatic carbocycles. The fourth-order valence-corrected chi connectivity index (χ4v) is 1.99. The molecule has 2 aromatic rings. The fourth-order valence-electron chi connectivity index (χ4n) is 1.99. The van der Waals surface area contributed by atoms with Crippen molar-refractivity contribution < 1.29 is 9.59 Å². The number of amides is 3. The number of hydrogen-bond acceptors (Lipinski definition) is 2. The van der Waals surface area contributed by atoms with E-state index in [9.17, 15) is 9.59 Å². The van der Waals surface area contributed by atoms with Crippen LogP contribution in [0.1, 0.15) is 18.1 Å². The van der Waals surface area contributed by atoms with Crippen LogP contribution in [0.25, 0.3) is 6.08 Å². The predicted octanol–water partition coefficient (Wildman–Crippen LogP) is 3.75. The largest absolute Gasteiger partial charge is 0.326 e. The van der Waals surface area contributed by atoms with Crippen molar-refractivity contribution in [2.24, 2.45) is 0 Å². The lowest BCUT2D eigenvalue weighted by Gasteiger charge is -2.06. The highest BCUT2D eigenvalue weighted by molar-refractivity contribution is 5.91. The van der Waals surface area contributed by atoms with Gasteiger partial charge in [0.15, 0.2) is 0 Å². The minimum absolute atomic E-state index is 0.134. The zero-order chi connectivity index (χ0) is 16.7. The number of carbonyl (C=O) groups is 2. The van der Waals surface area contributed by atoms with Crippen molar-refractivity contribution in [3.05, 3.63) is 65.9 Å². The van der Waals surface area contributed by atoms with Gasteiger partial charge in [-0.2, -0.15) is 0 Å². The Hall–Kier alpha value is -3.08. The van der Waals surface area contributed by atoms with Gasteiger partial charge in [0.25, 0.3) is 0 Å². The van der Waals surface area contributed by atoms with Crippen molar-refractivity contribution >= 4 is 29.4 Å². The highest BCUT2D eigenvalue weighted by Gasteiger charge is 2.00. The molecular weight excluding hydrogens is 290 g/mol. The minimum Gasteiger partial charge on any atom is -0.326 e. The van der Waals surface area contributed by atoms with Gasteiger partial charge in [0, 0.05) is 24.5 Å². The number of urea groups is 1. The van der Waals surface area contributed by atoms with E-state index in [1.165, 1.54) is 6.92 Å². The summed E-state index contributed by atoms with van der Waals surface area (Å²) in [6, 6.07) is 14.5. The molecule has 23 heavy (non-hydrogen) atoms. The first-order valence-corrected chi connectivity index (χ1v) is 7.22. The summed E-state index contributed by atoms with van der Waals surface area (Å²) in [5.74, 6) is -0.134. The summed E-state index contributed by atoms with van der Waals surface area (Å²) < 4.78 is 0. The van der Waals surface area contributed by atoms with Crippen LogP contribution < -0.4 is 16.0 Å². The van der Waals surface area contributed by atoms with E-state index in [0.29, 0.717) is 11.4 Å². The first kappa shape index (κ1) is 16.3. The second-order valence-corrected chi connectivity index (χ2v) is 5.05. The lowest BCUT2D eigenvalue weighted by atomic mass is 10.1. The third-order valence-corrected chi connectivity index (χ3v) is 3.13. The molecule has 0 spiro atoms. The van der Waals surface area contributed by atoms with Crippen LogP contribution in [0.5, 0.6) is 0 Å². The molecular formula is C18H19N3O2. The highest BCUT2D eigenvalue weighted by Crippen LogP contribution is 2.13. The molecule has 0 unspecified atom stereocenters. The average Bonchev–Trinajstić information content (AvgIpc) is 2.51. The standard InChI is InChI=1S/C18H19N3O2/c1-13-5-3-4-6-15(13)11-12-19-18(23)21-17-9-7-16(8-10-17)20-14(2)22/h3-12H,1-2H3,(H,20,22)(H2,19,21,23)/b12-11+. The summed E-state index contributed by atoms with van der Waals surface area (Å²) >= 11 is 0. The van der Waals surface area contributed by atoms with Crippen molar-refractivity contribution in [3.8, 4) is 0 Å². The molecule has 5 nitrogen and oxygen atoms in total. The van der Waals surface area contributed by atoms with Crippen LogP contribution in [0.2, 0.25) is 0 Å². The third kappa shape index (κ3) is 5.32. The minimum atomic E-state index is -0.331. The Morgan fingerprint density at radius 2 is 1.52 bits per heavy atom. The number of aryl methyl sites for hydroxylation is 1. The summed E-state index contributed by atoms with van der Waals surface area (Å²) in [4.78, 5) is 22.7. The second-order valence-electron chi connectivity index (χ2n) is 5.05. The smallest absolute Gasteiger partial charge is 0.323 e. The van der Waals surface area contributed by atoms with E-state index in [2.05, 4.69) is 16.0 Å². The van der Waals surface area contributed by atoms with Gasteiger partial charge in [0.2, 0.25) is 5.91 Å². The number of anilines is 2. The molecule has 0 atom stereocenters. The average molecular weight is 309 g/mol. The van der Waals surface area contributed by atoms with Crippen LogP contribution in [0, 0.1) is 6.92 Å². The summed E-state index contributed by atoms with van der Waals surface area (Å²) in [7, 11) is 0. The summed E-state index contributed by atoms with van der Waals surface area (Å²) in [5, 5.41) is 8.03. The Kier molecular flexibility index (Phi) is 5.52. The molecule has 0 aromatic heterocycles. The van der Waals surface area contributed by atoms with E-state index in [4.69, 9.17) is 0 Å². The van der Waals surface area contributed by atoms with Gasteiger partial charge in [-0.05, 0) is 48.4 Å². The van der Waals surface area contributed by atoms with Crippen LogP contribution in [0.4, 0.5) is 16.2 Å². The fraction of sp³-hybridized carbons (Fsp3) is 0.111. The van der Waals surface area contributed by atoms with Gasteiger partial charge in [-0.1, -0.05) is 24.3 Å². The number of hydrogen-bond donors (Lipinski definition) is 3. The van der Waals surface area contributed by atoms with Gasteiger partial charge in [-0.3, -0.25) is 4.79 Å². The van der Waals surface area contributed by atoms with E-state index in [-0.39, 0.29) is 11.9 Å². The van der Waals surface area contributed by atoms with Crippen molar-refractivity contribution in [2.45, 2.75) is 13.8 Å². The molecule has 0 aliphatic carbocycles. The third-order valence-electron chi connectivity index (χ3n) is 3.13. The lowest BCUT2D eigenvalue weighted by molar-refractivity contribution is -0.114.